The first kappa shape index (κ1) is 27.8. The minimum absolute atomic E-state index is 0.0308. The van der Waals surface area contributed by atoms with Crippen molar-refractivity contribution in [2.75, 3.05) is 11.9 Å². The normalized spacial score (nSPS) is 12.9. The molecule has 34 heavy (non-hydrogen) atoms. The number of nitrogens with one attached hydrogen (secondary N) is 4. The first-order valence-corrected chi connectivity index (χ1v) is 13.8. The fraction of sp³-hybridized carbons (Fsp3) is 0.435. The van der Waals surface area contributed by atoms with Gasteiger partial charge in [0, 0.05) is 23.3 Å². The van der Waals surface area contributed by atoms with E-state index in [-0.39, 0.29) is 15.5 Å². The van der Waals surface area contributed by atoms with Crippen LogP contribution in [-0.2, 0) is 26.5 Å². The van der Waals surface area contributed by atoms with Gasteiger partial charge in [0.2, 0.25) is 20.0 Å². The van der Waals surface area contributed by atoms with Crippen molar-refractivity contribution in [3.63, 3.8) is 0 Å². The van der Waals surface area contributed by atoms with Gasteiger partial charge in [-0.05, 0) is 71.7 Å². The number of anilines is 1. The molecule has 0 heterocycles. The van der Waals surface area contributed by atoms with Gasteiger partial charge in [-0.15, -0.1) is 0 Å². The van der Waals surface area contributed by atoms with E-state index in [4.69, 9.17) is 0 Å². The summed E-state index contributed by atoms with van der Waals surface area (Å²) < 4.78 is 56.7. The number of carbonyl (C=O) groups is 1. The van der Waals surface area contributed by atoms with Gasteiger partial charge >= 0.3 is 6.03 Å². The van der Waals surface area contributed by atoms with Crippen LogP contribution in [0.5, 0.6) is 0 Å². The molecule has 2 aromatic rings. The fourth-order valence-electron chi connectivity index (χ4n) is 3.02. The van der Waals surface area contributed by atoms with E-state index in [1.807, 2.05) is 30.3 Å². The zero-order valence-corrected chi connectivity index (χ0v) is 22.0. The van der Waals surface area contributed by atoms with Crippen LogP contribution < -0.4 is 20.1 Å². The molecule has 9 nitrogen and oxygen atoms in total. The lowest BCUT2D eigenvalue weighted by Crippen LogP contribution is -2.41. The first-order chi connectivity index (χ1) is 15.5. The van der Waals surface area contributed by atoms with Crippen molar-refractivity contribution in [2.24, 2.45) is 0 Å². The molecule has 2 rings (SSSR count). The first-order valence-electron chi connectivity index (χ1n) is 10.8. The molecule has 0 aliphatic heterocycles. The van der Waals surface area contributed by atoms with Crippen LogP contribution in [0.3, 0.4) is 0 Å². The molecule has 0 aliphatic carbocycles. The van der Waals surface area contributed by atoms with Gasteiger partial charge < -0.3 is 10.6 Å². The molecule has 0 bridgehead atoms. The van der Waals surface area contributed by atoms with Crippen molar-refractivity contribution < 1.29 is 21.6 Å². The number of carbonyl (C=O) groups excluding carboxylic acids is 1. The van der Waals surface area contributed by atoms with Gasteiger partial charge in [0.15, 0.2) is 0 Å². The lowest BCUT2D eigenvalue weighted by molar-refractivity contribution is 0.252. The zero-order chi connectivity index (χ0) is 25.8. The Morgan fingerprint density at radius 3 is 1.68 bits per heavy atom. The van der Waals surface area contributed by atoms with Crippen LogP contribution in [0.25, 0.3) is 0 Å². The van der Waals surface area contributed by atoms with Crippen LogP contribution in [0.4, 0.5) is 10.5 Å². The second-order valence-electron chi connectivity index (χ2n) is 10.0. The van der Waals surface area contributed by atoms with Crippen molar-refractivity contribution in [1.29, 1.82) is 0 Å². The molecule has 2 aromatic carbocycles. The second kappa shape index (κ2) is 10.4. The molecule has 0 unspecified atom stereocenters. The maximum Gasteiger partial charge on any atom is 0.319 e. The second-order valence-corrected chi connectivity index (χ2v) is 13.4. The molecule has 0 spiro atoms. The molecule has 0 aromatic heterocycles. The highest BCUT2D eigenvalue weighted by Gasteiger charge is 2.27. The van der Waals surface area contributed by atoms with Crippen LogP contribution >= 0.6 is 0 Å². The molecular weight excluding hydrogens is 476 g/mol. The Morgan fingerprint density at radius 2 is 1.24 bits per heavy atom. The van der Waals surface area contributed by atoms with Gasteiger partial charge in [0.25, 0.3) is 0 Å². The molecule has 0 radical (unpaired) electrons. The van der Waals surface area contributed by atoms with Crippen molar-refractivity contribution in [3.05, 3.63) is 54.1 Å². The average molecular weight is 511 g/mol. The minimum atomic E-state index is -4.07. The van der Waals surface area contributed by atoms with Crippen molar-refractivity contribution >= 4 is 31.8 Å². The van der Waals surface area contributed by atoms with Crippen LogP contribution in [-0.4, -0.2) is 40.5 Å². The summed E-state index contributed by atoms with van der Waals surface area (Å²) in [6, 6.07) is 12.5. The van der Waals surface area contributed by atoms with E-state index in [0.29, 0.717) is 13.0 Å². The van der Waals surface area contributed by atoms with Crippen LogP contribution in [0.15, 0.2) is 58.3 Å². The Balaban J connectivity index is 2.33. The van der Waals surface area contributed by atoms with Gasteiger partial charge in [-0.1, -0.05) is 30.3 Å². The molecule has 11 heteroatoms. The molecule has 0 saturated carbocycles. The number of hydrogen-bond donors (Lipinski definition) is 4. The average Bonchev–Trinajstić information content (AvgIpc) is 2.65. The topological polar surface area (TPSA) is 133 Å². The molecule has 0 fully saturated rings. The predicted octanol–water partition coefficient (Wildman–Crippen LogP) is 3.20. The third-order valence-electron chi connectivity index (χ3n) is 4.18. The minimum Gasteiger partial charge on any atom is -0.338 e. The third-order valence-corrected chi connectivity index (χ3v) is 7.66. The van der Waals surface area contributed by atoms with Gasteiger partial charge in [0.1, 0.15) is 0 Å². The Morgan fingerprint density at radius 1 is 0.765 bits per heavy atom. The molecule has 188 valence electrons. The van der Waals surface area contributed by atoms with Gasteiger partial charge in [-0.3, -0.25) is 0 Å². The smallest absolute Gasteiger partial charge is 0.319 e. The van der Waals surface area contributed by atoms with E-state index in [1.54, 1.807) is 41.5 Å². The monoisotopic (exact) mass is 510 g/mol. The molecule has 0 aliphatic rings. The third kappa shape index (κ3) is 9.05. The number of hydrogen-bond acceptors (Lipinski definition) is 5. The van der Waals surface area contributed by atoms with Crippen LogP contribution in [0, 0.1) is 0 Å². The van der Waals surface area contributed by atoms with E-state index < -0.39 is 37.2 Å². The highest BCUT2D eigenvalue weighted by molar-refractivity contribution is 7.90. The quantitative estimate of drug-likeness (QED) is 0.433. The van der Waals surface area contributed by atoms with E-state index in [2.05, 4.69) is 20.1 Å². The Hall–Kier alpha value is -2.47. The largest absolute Gasteiger partial charge is 0.338 e. The highest BCUT2D eigenvalue weighted by Crippen LogP contribution is 2.24. The summed E-state index contributed by atoms with van der Waals surface area (Å²) >= 11 is 0. The van der Waals surface area contributed by atoms with Crippen molar-refractivity contribution in [1.82, 2.24) is 14.8 Å². The van der Waals surface area contributed by atoms with Crippen LogP contribution in [0.1, 0.15) is 47.1 Å². The maximum atomic E-state index is 12.9. The Labute approximate surface area is 202 Å². The fourth-order valence-corrected chi connectivity index (χ4v) is 6.07. The molecular formula is C23H34N4O5S2. The summed E-state index contributed by atoms with van der Waals surface area (Å²) in [5, 5.41) is 5.24. The van der Waals surface area contributed by atoms with Crippen LogP contribution in [0.2, 0.25) is 0 Å². The number of urea groups is 1. The predicted molar refractivity (Wildman–Crippen MR) is 134 cm³/mol. The van der Waals surface area contributed by atoms with E-state index in [0.717, 1.165) is 11.6 Å². The molecule has 0 saturated heterocycles. The highest BCUT2D eigenvalue weighted by atomic mass is 32.2. The lowest BCUT2D eigenvalue weighted by Gasteiger charge is -2.23. The van der Waals surface area contributed by atoms with Crippen molar-refractivity contribution in [2.45, 2.75) is 68.8 Å². The summed E-state index contributed by atoms with van der Waals surface area (Å²) in [7, 11) is -8.14. The summed E-state index contributed by atoms with van der Waals surface area (Å²) in [4.78, 5) is 11.9. The molecule has 0 atom stereocenters. The zero-order valence-electron chi connectivity index (χ0n) is 20.4. The summed E-state index contributed by atoms with van der Waals surface area (Å²) in [6.07, 6.45) is 0.604. The number of rotatable bonds is 8. The summed E-state index contributed by atoms with van der Waals surface area (Å²) in [5.41, 5.74) is -0.506. The van der Waals surface area contributed by atoms with Gasteiger partial charge in [-0.2, -0.15) is 0 Å². The number of amides is 2. The van der Waals surface area contributed by atoms with Crippen molar-refractivity contribution in [3.8, 4) is 0 Å². The van der Waals surface area contributed by atoms with E-state index in [9.17, 15) is 21.6 Å². The lowest BCUT2D eigenvalue weighted by atomic mass is 10.1. The SMILES string of the molecule is CC(C)(C)NS(=O)(=O)c1cc(NC(=O)NCCc2ccccc2)cc(S(=O)(=O)NC(C)(C)C)c1. The number of benzene rings is 2. The standard InChI is InChI=1S/C23H34N4O5S2/c1-22(2,3)26-33(29,30)19-14-18(15-20(16-19)34(31,32)27-23(4,5)6)25-21(28)24-13-12-17-10-8-7-9-11-17/h7-11,14-16,26-27H,12-13H2,1-6H3,(H2,24,25,28). The van der Waals surface area contributed by atoms with Gasteiger partial charge in [0.05, 0.1) is 9.79 Å². The molecule has 4 N–H and O–H groups in total. The maximum absolute atomic E-state index is 12.9. The van der Waals surface area contributed by atoms with Gasteiger partial charge in [-0.25, -0.2) is 31.1 Å². The van der Waals surface area contributed by atoms with E-state index in [1.165, 1.54) is 12.1 Å². The molecule has 2 amide bonds. The Kier molecular flexibility index (Phi) is 8.52. The Bertz CT molecular complexity index is 1150. The van der Waals surface area contributed by atoms with E-state index >= 15 is 0 Å². The summed E-state index contributed by atoms with van der Waals surface area (Å²) in [6.45, 7) is 10.4. The summed E-state index contributed by atoms with van der Waals surface area (Å²) in [5.74, 6) is 0. The number of sulfonamides is 2.